The molecule has 6 rings (SSSR count). The van der Waals surface area contributed by atoms with Crippen molar-refractivity contribution in [3.8, 4) is 11.3 Å². The summed E-state index contributed by atoms with van der Waals surface area (Å²) in [6.45, 7) is 6.11. The number of benzene rings is 3. The quantitative estimate of drug-likeness (QED) is 0.294. The molecule has 0 saturated carbocycles. The van der Waals surface area contributed by atoms with E-state index in [4.69, 9.17) is 4.98 Å². The Morgan fingerprint density at radius 2 is 1.69 bits per heavy atom. The number of aliphatic hydroxyl groups is 1. The number of hydrogen-bond donors (Lipinski definition) is 2. The topological polar surface area (TPSA) is 75.9 Å². The van der Waals surface area contributed by atoms with Gasteiger partial charge in [-0.15, -0.1) is 0 Å². The van der Waals surface area contributed by atoms with Gasteiger partial charge in [-0.3, -0.25) is 9.67 Å². The Bertz CT molecular complexity index is 1740. The second kappa shape index (κ2) is 8.43. The highest BCUT2D eigenvalue weighted by Crippen LogP contribution is 2.34. The van der Waals surface area contributed by atoms with Gasteiger partial charge in [0.1, 0.15) is 5.82 Å². The van der Waals surface area contributed by atoms with Gasteiger partial charge in [0.25, 0.3) is 0 Å². The number of rotatable bonds is 5. The molecule has 3 aromatic heterocycles. The Labute approximate surface area is 209 Å². The Morgan fingerprint density at radius 3 is 2.56 bits per heavy atom. The maximum atomic E-state index is 10.3. The number of nitrogens with zero attached hydrogens (tertiary/aromatic N) is 4. The van der Waals surface area contributed by atoms with E-state index in [0.717, 1.165) is 55.4 Å². The number of aromatic nitrogens is 4. The molecule has 6 aromatic rings. The molecule has 0 aliphatic rings. The molecule has 0 aliphatic carbocycles. The normalized spacial score (nSPS) is 12.0. The summed E-state index contributed by atoms with van der Waals surface area (Å²) in [6.07, 6.45) is 5.60. The molecule has 6 heteroatoms. The lowest BCUT2D eigenvalue weighted by Gasteiger charge is -2.18. The lowest BCUT2D eigenvalue weighted by Crippen LogP contribution is -2.26. The molecule has 6 nitrogen and oxygen atoms in total. The molecule has 0 atom stereocenters. The molecule has 0 spiro atoms. The Hall–Kier alpha value is -4.29. The number of hydrogen-bond acceptors (Lipinski definition) is 5. The van der Waals surface area contributed by atoms with Crippen molar-refractivity contribution in [3.05, 3.63) is 90.9 Å². The fourth-order valence-corrected chi connectivity index (χ4v) is 4.86. The van der Waals surface area contributed by atoms with Gasteiger partial charge in [0, 0.05) is 45.2 Å². The summed E-state index contributed by atoms with van der Waals surface area (Å²) in [6, 6.07) is 22.8. The van der Waals surface area contributed by atoms with E-state index in [1.807, 2.05) is 41.5 Å². The summed E-state index contributed by atoms with van der Waals surface area (Å²) >= 11 is 0. The predicted octanol–water partition coefficient (Wildman–Crippen LogP) is 6.62. The lowest BCUT2D eigenvalue weighted by atomic mass is 9.98. The van der Waals surface area contributed by atoms with Crippen molar-refractivity contribution in [2.45, 2.75) is 32.9 Å². The molecule has 0 bridgehead atoms. The van der Waals surface area contributed by atoms with Crippen LogP contribution in [-0.4, -0.2) is 30.5 Å². The Kier molecular flexibility index (Phi) is 5.20. The fourth-order valence-electron chi connectivity index (χ4n) is 4.86. The molecule has 3 heterocycles. The molecule has 178 valence electrons. The van der Waals surface area contributed by atoms with Gasteiger partial charge in [0.05, 0.1) is 29.6 Å². The van der Waals surface area contributed by atoms with Crippen molar-refractivity contribution >= 4 is 44.0 Å². The van der Waals surface area contributed by atoms with Gasteiger partial charge in [-0.2, -0.15) is 5.10 Å². The van der Waals surface area contributed by atoms with Crippen molar-refractivity contribution in [1.82, 2.24) is 19.7 Å². The number of pyridine rings is 2. The van der Waals surface area contributed by atoms with E-state index in [1.54, 1.807) is 13.8 Å². The van der Waals surface area contributed by atoms with Gasteiger partial charge < -0.3 is 10.4 Å². The van der Waals surface area contributed by atoms with Gasteiger partial charge in [-0.25, -0.2) is 4.98 Å². The Balaban J connectivity index is 1.44. The maximum absolute atomic E-state index is 10.3. The van der Waals surface area contributed by atoms with Gasteiger partial charge >= 0.3 is 0 Å². The molecular weight excluding hydrogens is 446 g/mol. The molecule has 3 aromatic carbocycles. The SMILES string of the molecule is Cc1c(-c2nccc3cnc(Nc4cccc5ccccc45)cc23)ccc2c1cnn2CC(C)(C)O. The van der Waals surface area contributed by atoms with Crippen LogP contribution in [0.25, 0.3) is 43.7 Å². The number of aryl methyl sites for hydroxylation is 1. The largest absolute Gasteiger partial charge is 0.389 e. The van der Waals surface area contributed by atoms with Crippen LogP contribution in [0.15, 0.2) is 85.3 Å². The van der Waals surface area contributed by atoms with Crippen LogP contribution in [0.2, 0.25) is 0 Å². The van der Waals surface area contributed by atoms with Crippen LogP contribution < -0.4 is 5.32 Å². The van der Waals surface area contributed by atoms with Crippen LogP contribution in [0.3, 0.4) is 0 Å². The van der Waals surface area contributed by atoms with Crippen LogP contribution in [0, 0.1) is 6.92 Å². The number of nitrogens with one attached hydrogen (secondary N) is 1. The highest BCUT2D eigenvalue weighted by molar-refractivity contribution is 6.00. The standard InChI is InChI=1S/C30H27N5O/c1-19-22(11-12-27-25(19)17-33-35(27)18-30(2,3)36)29-24-15-28(32-16-21(24)13-14-31-29)34-26-10-6-8-20-7-4-5-9-23(20)26/h4-17,36H,18H2,1-3H3,(H,32,34). The number of anilines is 2. The average molecular weight is 474 g/mol. The van der Waals surface area contributed by atoms with Crippen molar-refractivity contribution in [2.24, 2.45) is 0 Å². The van der Waals surface area contributed by atoms with Crippen molar-refractivity contribution in [2.75, 3.05) is 5.32 Å². The first-order chi connectivity index (χ1) is 17.4. The first-order valence-electron chi connectivity index (χ1n) is 12.0. The highest BCUT2D eigenvalue weighted by atomic mass is 16.3. The lowest BCUT2D eigenvalue weighted by molar-refractivity contribution is 0.0591. The van der Waals surface area contributed by atoms with Crippen molar-refractivity contribution in [1.29, 1.82) is 0 Å². The summed E-state index contributed by atoms with van der Waals surface area (Å²) in [5.41, 5.74) is 4.24. The molecule has 0 amide bonds. The molecule has 0 saturated heterocycles. The second-order valence-corrected chi connectivity index (χ2v) is 9.89. The summed E-state index contributed by atoms with van der Waals surface area (Å²) in [7, 11) is 0. The summed E-state index contributed by atoms with van der Waals surface area (Å²) in [5, 5.41) is 23.8. The minimum atomic E-state index is -0.844. The predicted molar refractivity (Wildman–Crippen MR) is 147 cm³/mol. The third-order valence-corrected chi connectivity index (χ3v) is 6.59. The minimum absolute atomic E-state index is 0.427. The average Bonchev–Trinajstić information content (AvgIpc) is 3.26. The first kappa shape index (κ1) is 22.2. The molecule has 0 fully saturated rings. The van der Waals surface area contributed by atoms with E-state index >= 15 is 0 Å². The molecule has 0 radical (unpaired) electrons. The van der Waals surface area contributed by atoms with Crippen LogP contribution in [0.4, 0.5) is 11.5 Å². The van der Waals surface area contributed by atoms with E-state index < -0.39 is 5.60 Å². The fraction of sp³-hybridized carbons (Fsp3) is 0.167. The third kappa shape index (κ3) is 3.95. The summed E-state index contributed by atoms with van der Waals surface area (Å²) < 4.78 is 1.86. The van der Waals surface area contributed by atoms with E-state index in [1.165, 1.54) is 5.39 Å². The van der Waals surface area contributed by atoms with Crippen LogP contribution in [0.1, 0.15) is 19.4 Å². The number of fused-ring (bicyclic) bond motifs is 3. The van der Waals surface area contributed by atoms with Crippen LogP contribution in [0.5, 0.6) is 0 Å². The molecule has 36 heavy (non-hydrogen) atoms. The smallest absolute Gasteiger partial charge is 0.131 e. The molecule has 2 N–H and O–H groups in total. The zero-order valence-electron chi connectivity index (χ0n) is 20.5. The van der Waals surface area contributed by atoms with Crippen molar-refractivity contribution in [3.63, 3.8) is 0 Å². The first-order valence-corrected chi connectivity index (χ1v) is 12.0. The molecule has 0 unspecified atom stereocenters. The van der Waals surface area contributed by atoms with Crippen LogP contribution in [-0.2, 0) is 6.54 Å². The summed E-state index contributed by atoms with van der Waals surface area (Å²) in [5.74, 6) is 0.768. The Morgan fingerprint density at radius 1 is 0.861 bits per heavy atom. The minimum Gasteiger partial charge on any atom is -0.389 e. The summed E-state index contributed by atoms with van der Waals surface area (Å²) in [4.78, 5) is 9.46. The van der Waals surface area contributed by atoms with E-state index in [0.29, 0.717) is 6.54 Å². The highest BCUT2D eigenvalue weighted by Gasteiger charge is 2.18. The van der Waals surface area contributed by atoms with Gasteiger partial charge in [-0.05, 0) is 56.0 Å². The van der Waals surface area contributed by atoms with E-state index in [2.05, 4.69) is 70.9 Å². The maximum Gasteiger partial charge on any atom is 0.131 e. The molecule has 0 aliphatic heterocycles. The van der Waals surface area contributed by atoms with Crippen LogP contribution >= 0.6 is 0 Å². The van der Waals surface area contributed by atoms with Crippen molar-refractivity contribution < 1.29 is 5.11 Å². The van der Waals surface area contributed by atoms with Gasteiger partial charge in [0.15, 0.2) is 0 Å². The zero-order valence-corrected chi connectivity index (χ0v) is 20.5. The zero-order chi connectivity index (χ0) is 24.9. The van der Waals surface area contributed by atoms with E-state index in [-0.39, 0.29) is 0 Å². The van der Waals surface area contributed by atoms with Gasteiger partial charge in [-0.1, -0.05) is 42.5 Å². The second-order valence-electron chi connectivity index (χ2n) is 9.89. The molecular formula is C30H27N5O. The third-order valence-electron chi connectivity index (χ3n) is 6.59. The van der Waals surface area contributed by atoms with Gasteiger partial charge in [0.2, 0.25) is 0 Å². The monoisotopic (exact) mass is 473 g/mol. The van der Waals surface area contributed by atoms with E-state index in [9.17, 15) is 5.11 Å².